The average Bonchev–Trinajstić information content (AvgIpc) is 3.47. The van der Waals surface area contributed by atoms with E-state index in [1.54, 1.807) is 32.1 Å². The number of amides is 1. The van der Waals surface area contributed by atoms with Crippen LogP contribution in [0.3, 0.4) is 0 Å². The molecule has 0 bridgehead atoms. The number of likely N-dealkylation sites (N-methyl/N-ethyl adjacent to an activating group) is 1. The number of esters is 1. The van der Waals surface area contributed by atoms with Crippen molar-refractivity contribution in [3.8, 4) is 0 Å². The predicted octanol–water partition coefficient (Wildman–Crippen LogP) is 5.15. The minimum absolute atomic E-state index is 0.0286. The first-order chi connectivity index (χ1) is 27.6. The van der Waals surface area contributed by atoms with Crippen molar-refractivity contribution in [1.82, 2.24) is 19.9 Å². The molecule has 4 heterocycles. The molecule has 1 aromatic carbocycles. The highest BCUT2D eigenvalue weighted by Gasteiger charge is 2.62. The quantitative estimate of drug-likeness (QED) is 0.252. The van der Waals surface area contributed by atoms with E-state index in [9.17, 15) is 19.5 Å². The molecule has 0 saturated carbocycles. The van der Waals surface area contributed by atoms with E-state index < -0.39 is 83.2 Å². The first kappa shape index (κ1) is 46.5. The van der Waals surface area contributed by atoms with E-state index in [1.807, 2.05) is 89.2 Å². The van der Waals surface area contributed by atoms with Crippen molar-refractivity contribution in [2.75, 3.05) is 34.3 Å². The maximum atomic E-state index is 17.0. The van der Waals surface area contributed by atoms with Crippen LogP contribution < -0.4 is 5.73 Å². The van der Waals surface area contributed by atoms with Crippen LogP contribution in [0.2, 0.25) is 0 Å². The molecule has 3 aliphatic rings. The van der Waals surface area contributed by atoms with E-state index in [0.717, 1.165) is 23.4 Å². The van der Waals surface area contributed by atoms with Crippen LogP contribution in [-0.4, -0.2) is 143 Å². The van der Waals surface area contributed by atoms with Gasteiger partial charge in [-0.2, -0.15) is 0 Å². The molecular weight excluding hydrogens is 762 g/mol. The molecule has 14 nitrogen and oxygen atoms in total. The first-order valence-electron chi connectivity index (χ1n) is 20.8. The number of benzene rings is 1. The summed E-state index contributed by atoms with van der Waals surface area (Å²) in [7, 11) is 5.44. The van der Waals surface area contributed by atoms with Crippen molar-refractivity contribution in [2.45, 2.75) is 141 Å². The zero-order valence-electron chi connectivity index (χ0n) is 36.8. The standard InChI is InChI=1S/C44H66FN5O9/c1-13-49(12)50-36-27(4)34(46)25(2)24-42(7,55-22-16-18-30-17-14-20-32-31(30)19-15-21-47-32)38(58-39-35(51)33(48(10)11)23-26(3)56-39)28(5)37(52)43(8,45)40(53)57-29(6)44(36,9)59-41(50)54/h14-21,25-29,33-36,38-39,51H,13,22-24,46H2,1-12H3/b18-16+/t25-,26-,27-,28+,29+,33+,34?,35-,36-,38-,39+,42+,43?,44-/m1/s1. The van der Waals surface area contributed by atoms with Crippen LogP contribution in [0.1, 0.15) is 80.7 Å². The number of fused-ring (bicyclic) bond motifs is 2. The summed E-state index contributed by atoms with van der Waals surface area (Å²) in [6.45, 7) is 15.4. The monoisotopic (exact) mass is 827 g/mol. The Labute approximate surface area is 348 Å². The number of nitrogens with zero attached hydrogens (tertiary/aromatic N) is 4. The van der Waals surface area contributed by atoms with Gasteiger partial charge in [0.15, 0.2) is 17.7 Å². The SMILES string of the molecule is CCN(C)N1C(=O)O[C@]2(C)[C@H](C)OC(=O)C(C)(F)C(=O)[C@H](C)[C@@H](O[C@@H]3O[C@H](C)C[C@H](N(C)C)[C@H]3O)[C@@](C)(OC/C=C/c3cccc4ncccc34)C[C@@H](C)C(N)[C@@H](C)[C@@H]12. The molecule has 2 unspecified atom stereocenters. The minimum Gasteiger partial charge on any atom is -0.456 e. The Balaban J connectivity index is 1.62. The molecule has 0 aliphatic carbocycles. The van der Waals surface area contributed by atoms with Crippen LogP contribution in [0, 0.1) is 17.8 Å². The third-order valence-corrected chi connectivity index (χ3v) is 13.1. The van der Waals surface area contributed by atoms with Crippen LogP contribution in [0.15, 0.2) is 42.6 Å². The van der Waals surface area contributed by atoms with Gasteiger partial charge in [0.05, 0.1) is 36.0 Å². The molecule has 2 aromatic rings. The third kappa shape index (κ3) is 9.21. The van der Waals surface area contributed by atoms with Crippen LogP contribution in [-0.2, 0) is 33.3 Å². The van der Waals surface area contributed by atoms with E-state index >= 15 is 4.39 Å². The number of alkyl halides is 1. The Kier molecular flexibility index (Phi) is 14.3. The summed E-state index contributed by atoms with van der Waals surface area (Å²) >= 11 is 0. The van der Waals surface area contributed by atoms with Gasteiger partial charge in [-0.25, -0.2) is 24.0 Å². The number of ether oxygens (including phenoxy) is 5. The lowest BCUT2D eigenvalue weighted by Crippen LogP contribution is -2.63. The zero-order chi connectivity index (χ0) is 43.8. The van der Waals surface area contributed by atoms with E-state index in [-0.39, 0.29) is 31.1 Å². The Morgan fingerprint density at radius 3 is 2.42 bits per heavy atom. The molecule has 59 heavy (non-hydrogen) atoms. The Bertz CT molecular complexity index is 1840. The number of aliphatic hydroxyl groups excluding tert-OH is 1. The van der Waals surface area contributed by atoms with Crippen molar-refractivity contribution in [2.24, 2.45) is 23.5 Å². The number of hydrogen-bond donors (Lipinski definition) is 2. The van der Waals surface area contributed by atoms with E-state index in [4.69, 9.17) is 29.4 Å². The van der Waals surface area contributed by atoms with Crippen molar-refractivity contribution >= 4 is 34.8 Å². The number of carbonyl (C=O) groups is 3. The minimum atomic E-state index is -3.17. The van der Waals surface area contributed by atoms with Crippen molar-refractivity contribution < 1.29 is 47.6 Å². The van der Waals surface area contributed by atoms with Gasteiger partial charge in [-0.1, -0.05) is 58.0 Å². The summed E-state index contributed by atoms with van der Waals surface area (Å²) in [4.78, 5) is 48.4. The van der Waals surface area contributed by atoms with Gasteiger partial charge in [-0.15, -0.1) is 0 Å². The predicted molar refractivity (Wildman–Crippen MR) is 221 cm³/mol. The summed E-state index contributed by atoms with van der Waals surface area (Å²) in [6.07, 6.45) is 0.316. The third-order valence-electron chi connectivity index (χ3n) is 13.1. The normalized spacial score (nSPS) is 39.1. The second kappa shape index (κ2) is 18.2. The number of rotatable bonds is 9. The summed E-state index contributed by atoms with van der Waals surface area (Å²) in [5, 5.41) is 15.8. The fraction of sp³-hybridized carbons (Fsp3) is 0.682. The highest BCUT2D eigenvalue weighted by molar-refractivity contribution is 6.07. The topological polar surface area (TPSA) is 166 Å². The van der Waals surface area contributed by atoms with Gasteiger partial charge in [0.2, 0.25) is 0 Å². The molecular formula is C44H66FN5O9. The number of carbonyl (C=O) groups excluding carboxylic acids is 3. The van der Waals surface area contributed by atoms with Crippen molar-refractivity contribution in [3.05, 3.63) is 48.2 Å². The van der Waals surface area contributed by atoms with Gasteiger partial charge < -0.3 is 39.4 Å². The average molecular weight is 828 g/mol. The van der Waals surface area contributed by atoms with Crippen LogP contribution >= 0.6 is 0 Å². The molecule has 1 aromatic heterocycles. The highest BCUT2D eigenvalue weighted by atomic mass is 19.1. The summed E-state index contributed by atoms with van der Waals surface area (Å²) in [5.74, 6) is -4.76. The number of ketones is 1. The number of aromatic nitrogens is 1. The lowest BCUT2D eigenvalue weighted by Gasteiger charge is -2.48. The van der Waals surface area contributed by atoms with Gasteiger partial charge in [0, 0.05) is 43.2 Å². The lowest BCUT2D eigenvalue weighted by atomic mass is 9.72. The van der Waals surface area contributed by atoms with Crippen LogP contribution in [0.25, 0.3) is 17.0 Å². The molecule has 3 saturated heterocycles. The zero-order valence-corrected chi connectivity index (χ0v) is 36.8. The number of nitrogens with two attached hydrogens (primary N) is 1. The van der Waals surface area contributed by atoms with Gasteiger partial charge in [0.1, 0.15) is 12.2 Å². The van der Waals surface area contributed by atoms with E-state index in [1.165, 1.54) is 18.9 Å². The van der Waals surface area contributed by atoms with E-state index in [2.05, 4.69) is 4.98 Å². The molecule has 1 amide bonds. The summed E-state index contributed by atoms with van der Waals surface area (Å²) in [5.41, 5.74) is 2.88. The van der Waals surface area contributed by atoms with Gasteiger partial charge in [-0.05, 0) is 91.1 Å². The summed E-state index contributed by atoms with van der Waals surface area (Å²) in [6, 6.07) is 7.92. The fourth-order valence-electron chi connectivity index (χ4n) is 9.32. The van der Waals surface area contributed by atoms with Gasteiger partial charge >= 0.3 is 12.1 Å². The number of halogens is 1. The fourth-order valence-corrected chi connectivity index (χ4v) is 9.32. The highest BCUT2D eigenvalue weighted by Crippen LogP contribution is 2.44. The molecule has 0 spiro atoms. The van der Waals surface area contributed by atoms with E-state index in [0.29, 0.717) is 13.0 Å². The number of Topliss-reactive ketones (excluding diaryl/α,β-unsaturated/α-hetero) is 1. The van der Waals surface area contributed by atoms with Crippen LogP contribution in [0.5, 0.6) is 0 Å². The van der Waals surface area contributed by atoms with Crippen molar-refractivity contribution in [1.29, 1.82) is 0 Å². The molecule has 5 rings (SSSR count). The molecule has 15 heteroatoms. The maximum Gasteiger partial charge on any atom is 0.425 e. The van der Waals surface area contributed by atoms with Crippen LogP contribution in [0.4, 0.5) is 9.18 Å². The molecule has 14 atom stereocenters. The summed E-state index contributed by atoms with van der Waals surface area (Å²) < 4.78 is 48.6. The van der Waals surface area contributed by atoms with Crippen molar-refractivity contribution in [3.63, 3.8) is 0 Å². The number of cyclic esters (lactones) is 1. The second-order valence-electron chi connectivity index (χ2n) is 17.7. The molecule has 3 N–H and O–H groups in total. The number of hydrazine groups is 1. The van der Waals surface area contributed by atoms with Gasteiger partial charge in [0.25, 0.3) is 5.67 Å². The smallest absolute Gasteiger partial charge is 0.425 e. The van der Waals surface area contributed by atoms with Gasteiger partial charge in [-0.3, -0.25) is 9.78 Å². The molecule has 328 valence electrons. The first-order valence-corrected chi connectivity index (χ1v) is 20.8. The lowest BCUT2D eigenvalue weighted by molar-refractivity contribution is -0.297. The molecule has 0 radical (unpaired) electrons. The largest absolute Gasteiger partial charge is 0.456 e. The second-order valence-corrected chi connectivity index (χ2v) is 17.7. The molecule has 3 aliphatic heterocycles. The number of aliphatic hydroxyl groups is 1. The maximum absolute atomic E-state index is 17.0. The Morgan fingerprint density at radius 1 is 1.07 bits per heavy atom. The molecule has 3 fully saturated rings. The Morgan fingerprint density at radius 2 is 1.76 bits per heavy atom. The number of hydrogen-bond acceptors (Lipinski definition) is 13. The Hall–Kier alpha value is -3.57. The number of pyridine rings is 1.